The molecule has 0 saturated carbocycles. The van der Waals surface area contributed by atoms with E-state index in [9.17, 15) is 0 Å². The molecule has 0 unspecified atom stereocenters. The van der Waals surface area contributed by atoms with Crippen molar-refractivity contribution in [1.29, 1.82) is 0 Å². The van der Waals surface area contributed by atoms with Gasteiger partial charge in [0.15, 0.2) is 5.96 Å². The van der Waals surface area contributed by atoms with Crippen LogP contribution in [0.5, 0.6) is 5.75 Å². The number of aryl methyl sites for hydroxylation is 1. The number of hydrogen-bond donors (Lipinski definition) is 2. The molecule has 0 radical (unpaired) electrons. The van der Waals surface area contributed by atoms with Crippen LogP contribution in [0.1, 0.15) is 18.1 Å². The molecule has 0 amide bonds. The monoisotopic (exact) mass is 384 g/mol. The third-order valence-corrected chi connectivity index (χ3v) is 4.38. The van der Waals surface area contributed by atoms with Crippen LogP contribution >= 0.6 is 0 Å². The van der Waals surface area contributed by atoms with Crippen molar-refractivity contribution in [2.75, 3.05) is 45.8 Å². The van der Waals surface area contributed by atoms with Crippen LogP contribution in [0.4, 0.5) is 5.69 Å². The van der Waals surface area contributed by atoms with Crippen molar-refractivity contribution in [1.82, 2.24) is 4.90 Å². The zero-order valence-electron chi connectivity index (χ0n) is 17.1. The third-order valence-electron chi connectivity index (χ3n) is 4.38. The number of likely N-dealkylation sites (N-methyl/N-ethyl adjacent to an activating group) is 1. The average molecular weight is 385 g/mol. The second kappa shape index (κ2) is 12.0. The van der Waals surface area contributed by atoms with E-state index < -0.39 is 0 Å². The van der Waals surface area contributed by atoms with Gasteiger partial charge in [-0.05, 0) is 48.9 Å². The zero-order valence-corrected chi connectivity index (χ0v) is 17.1. The summed E-state index contributed by atoms with van der Waals surface area (Å²) in [6.07, 6.45) is 1.02. The summed E-state index contributed by atoms with van der Waals surface area (Å²) < 4.78 is 10.9. The van der Waals surface area contributed by atoms with Crippen LogP contribution in [0.2, 0.25) is 0 Å². The summed E-state index contributed by atoms with van der Waals surface area (Å²) in [5, 5.41) is 3.12. The maximum Gasteiger partial charge on any atom is 0.193 e. The van der Waals surface area contributed by atoms with Gasteiger partial charge in [0.2, 0.25) is 0 Å². The van der Waals surface area contributed by atoms with Crippen LogP contribution in [-0.4, -0.2) is 51.3 Å². The van der Waals surface area contributed by atoms with Crippen LogP contribution in [0.3, 0.4) is 0 Å². The predicted molar refractivity (Wildman–Crippen MR) is 116 cm³/mol. The van der Waals surface area contributed by atoms with Gasteiger partial charge >= 0.3 is 0 Å². The Morgan fingerprint density at radius 2 is 1.82 bits per heavy atom. The normalized spacial score (nSPS) is 11.6. The molecule has 2 rings (SSSR count). The zero-order chi connectivity index (χ0) is 20.2. The summed E-state index contributed by atoms with van der Waals surface area (Å²) in [7, 11) is 3.77. The Hall–Kier alpha value is -2.57. The van der Waals surface area contributed by atoms with E-state index in [0.29, 0.717) is 19.1 Å². The lowest BCUT2D eigenvalue weighted by Crippen LogP contribution is -2.27. The second-order valence-corrected chi connectivity index (χ2v) is 6.67. The van der Waals surface area contributed by atoms with E-state index in [1.165, 1.54) is 5.56 Å². The molecule has 0 aliphatic rings. The molecule has 28 heavy (non-hydrogen) atoms. The fourth-order valence-electron chi connectivity index (χ4n) is 2.60. The molecule has 2 aromatic carbocycles. The lowest BCUT2D eigenvalue weighted by Gasteiger charge is -2.16. The minimum atomic E-state index is 0.398. The average Bonchev–Trinajstić information content (AvgIpc) is 2.71. The highest BCUT2D eigenvalue weighted by Gasteiger charge is 2.01. The number of nitrogens with two attached hydrogens (primary N) is 1. The van der Waals surface area contributed by atoms with Crippen LogP contribution in [0.25, 0.3) is 0 Å². The van der Waals surface area contributed by atoms with Crippen molar-refractivity contribution in [3.8, 4) is 5.75 Å². The van der Waals surface area contributed by atoms with Crippen molar-refractivity contribution in [3.05, 3.63) is 59.7 Å². The van der Waals surface area contributed by atoms with Crippen molar-refractivity contribution in [3.63, 3.8) is 0 Å². The fourth-order valence-corrected chi connectivity index (χ4v) is 2.60. The number of nitrogens with one attached hydrogen (secondary N) is 1. The van der Waals surface area contributed by atoms with Gasteiger partial charge in [-0.3, -0.25) is 0 Å². The summed E-state index contributed by atoms with van der Waals surface area (Å²) >= 11 is 0. The van der Waals surface area contributed by atoms with E-state index in [-0.39, 0.29) is 0 Å². The van der Waals surface area contributed by atoms with Gasteiger partial charge in [-0.25, -0.2) is 4.99 Å². The summed E-state index contributed by atoms with van der Waals surface area (Å²) in [6, 6.07) is 16.2. The number of hydrogen-bond acceptors (Lipinski definition) is 4. The summed E-state index contributed by atoms with van der Waals surface area (Å²) in [4.78, 5) is 6.60. The highest BCUT2D eigenvalue weighted by Crippen LogP contribution is 2.14. The van der Waals surface area contributed by atoms with E-state index >= 15 is 0 Å². The highest BCUT2D eigenvalue weighted by atomic mass is 16.5. The maximum absolute atomic E-state index is 6.01. The molecule has 0 atom stereocenters. The Balaban J connectivity index is 1.81. The van der Waals surface area contributed by atoms with Gasteiger partial charge in [0.05, 0.1) is 13.2 Å². The molecule has 6 heteroatoms. The first-order chi connectivity index (χ1) is 13.6. The molecule has 0 aliphatic heterocycles. The Kier molecular flexibility index (Phi) is 9.31. The number of rotatable bonds is 11. The molecule has 0 bridgehead atoms. The number of guanidine groups is 1. The van der Waals surface area contributed by atoms with Gasteiger partial charge in [0.25, 0.3) is 0 Å². The van der Waals surface area contributed by atoms with Crippen molar-refractivity contribution in [2.45, 2.75) is 19.9 Å². The topological polar surface area (TPSA) is 72.1 Å². The highest BCUT2D eigenvalue weighted by molar-refractivity contribution is 5.92. The van der Waals surface area contributed by atoms with Crippen LogP contribution < -0.4 is 15.8 Å². The van der Waals surface area contributed by atoms with Crippen LogP contribution in [0.15, 0.2) is 53.5 Å². The molecule has 0 heterocycles. The molecular weight excluding hydrogens is 352 g/mol. The number of aliphatic imine (C=N–C) groups is 1. The molecule has 0 aromatic heterocycles. The largest absolute Gasteiger partial charge is 0.492 e. The quantitative estimate of drug-likeness (QED) is 0.460. The van der Waals surface area contributed by atoms with Gasteiger partial charge < -0.3 is 25.4 Å². The molecule has 0 saturated heterocycles. The van der Waals surface area contributed by atoms with Crippen LogP contribution in [0, 0.1) is 0 Å². The van der Waals surface area contributed by atoms with E-state index in [0.717, 1.165) is 43.1 Å². The molecule has 3 N–H and O–H groups in total. The first kappa shape index (κ1) is 21.7. The summed E-state index contributed by atoms with van der Waals surface area (Å²) in [5.74, 6) is 1.24. The first-order valence-corrected chi connectivity index (χ1v) is 9.65. The number of ether oxygens (including phenoxy) is 2. The number of methoxy groups -OCH3 is 1. The van der Waals surface area contributed by atoms with E-state index in [4.69, 9.17) is 15.2 Å². The Morgan fingerprint density at radius 1 is 1.07 bits per heavy atom. The smallest absolute Gasteiger partial charge is 0.193 e. The Bertz CT molecular complexity index is 732. The molecule has 152 valence electrons. The predicted octanol–water partition coefficient (Wildman–Crippen LogP) is 3.13. The molecule has 0 aliphatic carbocycles. The van der Waals surface area contributed by atoms with E-state index in [2.05, 4.69) is 41.3 Å². The van der Waals surface area contributed by atoms with E-state index in [1.807, 2.05) is 36.4 Å². The summed E-state index contributed by atoms with van der Waals surface area (Å²) in [5.41, 5.74) is 9.29. The van der Waals surface area contributed by atoms with Gasteiger partial charge in [0, 0.05) is 25.9 Å². The molecule has 6 nitrogen and oxygen atoms in total. The van der Waals surface area contributed by atoms with Gasteiger partial charge in [-0.1, -0.05) is 31.2 Å². The molecule has 0 spiro atoms. The minimum Gasteiger partial charge on any atom is -0.492 e. The number of nitrogens with zero attached hydrogens (tertiary/aromatic N) is 2. The standard InChI is InChI=1S/C22H32N4O2/c1-4-18-8-10-20(11-9-18)25-22(23)24-17-19-6-5-7-21(16-19)28-15-13-26(2)12-14-27-3/h5-11,16H,4,12-15,17H2,1-3H3,(H3,23,24,25). The molecule has 0 fully saturated rings. The number of anilines is 1. The lowest BCUT2D eigenvalue weighted by atomic mass is 10.1. The van der Waals surface area contributed by atoms with Gasteiger partial charge in [-0.2, -0.15) is 0 Å². The number of benzene rings is 2. The SMILES string of the molecule is CCc1ccc(NC(N)=NCc2cccc(OCCN(C)CCOC)c2)cc1. The van der Waals surface area contributed by atoms with Gasteiger partial charge in [0.1, 0.15) is 12.4 Å². The Morgan fingerprint density at radius 3 is 2.54 bits per heavy atom. The van der Waals surface area contributed by atoms with Crippen molar-refractivity contribution < 1.29 is 9.47 Å². The molecule has 2 aromatic rings. The van der Waals surface area contributed by atoms with Crippen LogP contribution in [-0.2, 0) is 17.7 Å². The second-order valence-electron chi connectivity index (χ2n) is 6.67. The Labute approximate surface area is 168 Å². The lowest BCUT2D eigenvalue weighted by molar-refractivity contribution is 0.150. The summed E-state index contributed by atoms with van der Waals surface area (Å²) in [6.45, 7) is 5.72. The first-order valence-electron chi connectivity index (χ1n) is 9.65. The van der Waals surface area contributed by atoms with Crippen molar-refractivity contribution in [2.24, 2.45) is 10.7 Å². The fraction of sp³-hybridized carbons (Fsp3) is 0.409. The van der Waals surface area contributed by atoms with E-state index in [1.54, 1.807) is 7.11 Å². The molecular formula is C22H32N4O2. The third kappa shape index (κ3) is 7.98. The van der Waals surface area contributed by atoms with Crippen molar-refractivity contribution >= 4 is 11.6 Å². The van der Waals surface area contributed by atoms with Gasteiger partial charge in [-0.15, -0.1) is 0 Å². The minimum absolute atomic E-state index is 0.398. The maximum atomic E-state index is 6.01.